The number of amides is 2. The molecule has 2 saturated carbocycles. The molecule has 9 nitrogen and oxygen atoms in total. The van der Waals surface area contributed by atoms with Crippen molar-refractivity contribution < 1.29 is 14.4 Å². The third-order valence-electron chi connectivity index (χ3n) is 7.92. The molecule has 2 saturated heterocycles. The fourth-order valence-electron chi connectivity index (χ4n) is 5.76. The molecule has 33 heavy (non-hydrogen) atoms. The van der Waals surface area contributed by atoms with Gasteiger partial charge in [-0.3, -0.25) is 25.2 Å². The molecule has 0 aromatic heterocycles. The van der Waals surface area contributed by atoms with Gasteiger partial charge in [0.1, 0.15) is 6.23 Å². The molecule has 4 aliphatic rings. The fraction of sp³-hybridized carbons (Fsp3) is 0.913. The smallest absolute Gasteiger partial charge is 0.237 e. The van der Waals surface area contributed by atoms with Crippen molar-refractivity contribution in [1.82, 2.24) is 32.3 Å². The molecule has 0 aromatic rings. The molecular formula is C23H41ClN6O3. The van der Waals surface area contributed by atoms with Gasteiger partial charge >= 0.3 is 0 Å². The van der Waals surface area contributed by atoms with Crippen LogP contribution in [0.1, 0.15) is 71.1 Å². The summed E-state index contributed by atoms with van der Waals surface area (Å²) in [4.78, 5) is 29.9. The van der Waals surface area contributed by atoms with Gasteiger partial charge in [-0.2, -0.15) is 5.48 Å². The Labute approximate surface area is 202 Å². The number of nitrogens with one attached hydrogen (secondary N) is 6. The van der Waals surface area contributed by atoms with Crippen LogP contribution in [0.4, 0.5) is 0 Å². The predicted molar refractivity (Wildman–Crippen MR) is 126 cm³/mol. The third-order valence-corrected chi connectivity index (χ3v) is 8.53. The Morgan fingerprint density at radius 3 is 2.88 bits per heavy atom. The van der Waals surface area contributed by atoms with Crippen LogP contribution in [-0.4, -0.2) is 48.8 Å². The van der Waals surface area contributed by atoms with Crippen LogP contribution < -0.4 is 32.3 Å². The predicted octanol–water partition coefficient (Wildman–Crippen LogP) is 1.45. The third kappa shape index (κ3) is 6.80. The SMILES string of the molecule is CC1CCC(C2NOC(CCC(=O)NCCCNC3NNC(=O)C4CCCCC34)N2)CC1Cl. The summed E-state index contributed by atoms with van der Waals surface area (Å²) in [6, 6.07) is 0. The molecule has 10 heteroatoms. The van der Waals surface area contributed by atoms with Crippen molar-refractivity contribution in [2.45, 2.75) is 95.1 Å². The molecule has 188 valence electrons. The topological polar surface area (TPSA) is 116 Å². The Kier molecular flexibility index (Phi) is 9.24. The molecule has 4 rings (SSSR count). The molecule has 2 aliphatic heterocycles. The van der Waals surface area contributed by atoms with E-state index in [0.29, 0.717) is 37.1 Å². The summed E-state index contributed by atoms with van der Waals surface area (Å²) in [6.45, 7) is 3.64. The lowest BCUT2D eigenvalue weighted by Crippen LogP contribution is -2.64. The average Bonchev–Trinajstić information content (AvgIpc) is 3.30. The zero-order valence-electron chi connectivity index (χ0n) is 19.7. The quantitative estimate of drug-likeness (QED) is 0.217. The Morgan fingerprint density at radius 2 is 2.03 bits per heavy atom. The first kappa shape index (κ1) is 25.1. The van der Waals surface area contributed by atoms with Gasteiger partial charge in [0.25, 0.3) is 0 Å². The number of halogens is 1. The minimum absolute atomic E-state index is 0.0477. The molecule has 8 unspecified atom stereocenters. The molecule has 0 aromatic carbocycles. The summed E-state index contributed by atoms with van der Waals surface area (Å²) in [7, 11) is 0. The van der Waals surface area contributed by atoms with Crippen LogP contribution in [0.15, 0.2) is 0 Å². The highest BCUT2D eigenvalue weighted by atomic mass is 35.5. The number of fused-ring (bicyclic) bond motifs is 1. The van der Waals surface area contributed by atoms with Crippen molar-refractivity contribution in [1.29, 1.82) is 0 Å². The fourth-order valence-corrected chi connectivity index (χ4v) is 6.11. The highest BCUT2D eigenvalue weighted by Crippen LogP contribution is 2.35. The van der Waals surface area contributed by atoms with Crippen molar-refractivity contribution in [3.8, 4) is 0 Å². The van der Waals surface area contributed by atoms with Crippen LogP contribution in [-0.2, 0) is 14.4 Å². The first-order chi connectivity index (χ1) is 16.0. The summed E-state index contributed by atoms with van der Waals surface area (Å²) >= 11 is 6.46. The summed E-state index contributed by atoms with van der Waals surface area (Å²) in [5.41, 5.74) is 9.04. The summed E-state index contributed by atoms with van der Waals surface area (Å²) in [5, 5.41) is 10.2. The van der Waals surface area contributed by atoms with E-state index in [1.165, 1.54) is 6.42 Å². The average molecular weight is 485 g/mol. The van der Waals surface area contributed by atoms with Gasteiger partial charge in [-0.05, 0) is 63.3 Å². The normalized spacial score (nSPS) is 39.0. The van der Waals surface area contributed by atoms with Gasteiger partial charge in [0.15, 0.2) is 0 Å². The lowest BCUT2D eigenvalue weighted by molar-refractivity contribution is -0.134. The molecule has 0 radical (unpaired) electrons. The molecule has 2 amide bonds. The first-order valence-corrected chi connectivity index (χ1v) is 13.3. The van der Waals surface area contributed by atoms with Crippen LogP contribution in [0.2, 0.25) is 0 Å². The number of alkyl halides is 1. The van der Waals surface area contributed by atoms with Gasteiger partial charge in [-0.1, -0.05) is 19.8 Å². The highest BCUT2D eigenvalue weighted by molar-refractivity contribution is 6.20. The van der Waals surface area contributed by atoms with E-state index in [1.54, 1.807) is 0 Å². The van der Waals surface area contributed by atoms with Crippen molar-refractivity contribution in [2.24, 2.45) is 23.7 Å². The van der Waals surface area contributed by atoms with Gasteiger partial charge in [0.05, 0.1) is 12.3 Å². The van der Waals surface area contributed by atoms with Crippen LogP contribution in [0.5, 0.6) is 0 Å². The van der Waals surface area contributed by atoms with E-state index in [4.69, 9.17) is 16.4 Å². The lowest BCUT2D eigenvalue weighted by atomic mass is 9.76. The van der Waals surface area contributed by atoms with E-state index in [9.17, 15) is 9.59 Å². The van der Waals surface area contributed by atoms with Crippen LogP contribution >= 0.6 is 11.6 Å². The van der Waals surface area contributed by atoms with Gasteiger partial charge in [0.2, 0.25) is 11.8 Å². The van der Waals surface area contributed by atoms with Gasteiger partial charge in [0, 0.05) is 30.2 Å². The first-order valence-electron chi connectivity index (χ1n) is 12.9. The van der Waals surface area contributed by atoms with Crippen LogP contribution in [0.25, 0.3) is 0 Å². The van der Waals surface area contributed by atoms with E-state index in [0.717, 1.165) is 51.5 Å². The van der Waals surface area contributed by atoms with E-state index in [-0.39, 0.29) is 41.7 Å². The number of carbonyl (C=O) groups is 2. The van der Waals surface area contributed by atoms with Gasteiger partial charge in [-0.15, -0.1) is 11.6 Å². The van der Waals surface area contributed by atoms with Crippen molar-refractivity contribution >= 4 is 23.4 Å². The number of hydrazine groups is 1. The molecule has 4 fully saturated rings. The molecule has 8 atom stereocenters. The number of hydrogen-bond donors (Lipinski definition) is 6. The van der Waals surface area contributed by atoms with Crippen LogP contribution in [0, 0.1) is 23.7 Å². The summed E-state index contributed by atoms with van der Waals surface area (Å²) in [5.74, 6) is 1.69. The largest absolute Gasteiger partial charge is 0.356 e. The Morgan fingerprint density at radius 1 is 1.18 bits per heavy atom. The maximum Gasteiger partial charge on any atom is 0.237 e. The van der Waals surface area contributed by atoms with Crippen molar-refractivity contribution in [3.63, 3.8) is 0 Å². The second kappa shape index (κ2) is 12.1. The van der Waals surface area contributed by atoms with E-state index >= 15 is 0 Å². The van der Waals surface area contributed by atoms with Crippen molar-refractivity contribution in [3.05, 3.63) is 0 Å². The number of hydroxylamine groups is 1. The number of hydrogen-bond acceptors (Lipinski definition) is 7. The highest BCUT2D eigenvalue weighted by Gasteiger charge is 2.39. The summed E-state index contributed by atoms with van der Waals surface area (Å²) < 4.78 is 0. The lowest BCUT2D eigenvalue weighted by Gasteiger charge is -2.41. The Hall–Kier alpha value is -0.970. The van der Waals surface area contributed by atoms with Gasteiger partial charge in [-0.25, -0.2) is 5.43 Å². The Bertz CT molecular complexity index is 670. The van der Waals surface area contributed by atoms with Crippen LogP contribution in [0.3, 0.4) is 0 Å². The molecule has 0 bridgehead atoms. The molecular weight excluding hydrogens is 444 g/mol. The second-order valence-corrected chi connectivity index (χ2v) is 10.9. The molecule has 2 heterocycles. The monoisotopic (exact) mass is 484 g/mol. The number of carbonyl (C=O) groups excluding carboxylic acids is 2. The zero-order chi connectivity index (χ0) is 23.2. The maximum absolute atomic E-state index is 12.2. The van der Waals surface area contributed by atoms with E-state index < -0.39 is 0 Å². The van der Waals surface area contributed by atoms with Crippen molar-refractivity contribution in [2.75, 3.05) is 13.1 Å². The standard InChI is InChI=1S/C23H41ClN6O3/c1-14-7-8-15(13-18(14)24)21-27-20(33-30-21)10-9-19(31)25-11-4-12-26-22-16-5-2-3-6-17(16)23(32)29-28-22/h14-18,20-22,26-28,30H,2-13H2,1H3,(H,25,31)(H,29,32). The Balaban J connectivity index is 1.05. The molecule has 6 N–H and O–H groups in total. The van der Waals surface area contributed by atoms with E-state index in [1.807, 2.05) is 0 Å². The summed E-state index contributed by atoms with van der Waals surface area (Å²) in [6.07, 6.45) is 9.65. The molecule has 2 aliphatic carbocycles. The minimum Gasteiger partial charge on any atom is -0.356 e. The minimum atomic E-state index is -0.147. The number of rotatable bonds is 9. The second-order valence-electron chi connectivity index (χ2n) is 10.3. The van der Waals surface area contributed by atoms with Gasteiger partial charge < -0.3 is 10.6 Å². The molecule has 0 spiro atoms. The maximum atomic E-state index is 12.2. The van der Waals surface area contributed by atoms with E-state index in [2.05, 4.69) is 39.2 Å². The zero-order valence-corrected chi connectivity index (χ0v) is 20.5.